The number of rotatable bonds is 2. The van der Waals surface area contributed by atoms with Gasteiger partial charge >= 0.3 is 0 Å². The normalized spacial score (nSPS) is 12.0. The molecule has 0 aliphatic rings. The summed E-state index contributed by atoms with van der Waals surface area (Å²) in [5.41, 5.74) is 1.18. The van der Waals surface area contributed by atoms with E-state index in [1.165, 1.54) is 0 Å². The number of hydrogen-bond acceptors (Lipinski definition) is 3. The van der Waals surface area contributed by atoms with Crippen molar-refractivity contribution in [2.24, 2.45) is 5.41 Å². The molecule has 4 heteroatoms. The predicted molar refractivity (Wildman–Crippen MR) is 92.6 cm³/mol. The average Bonchev–Trinajstić information content (AvgIpc) is 2.46. The monoisotopic (exact) mass is 360 g/mol. The Labute approximate surface area is 137 Å². The van der Waals surface area contributed by atoms with E-state index < -0.39 is 0 Å². The van der Waals surface area contributed by atoms with Crippen molar-refractivity contribution < 1.29 is 9.15 Å². The van der Waals surface area contributed by atoms with Crippen LogP contribution in [0, 0.1) is 5.41 Å². The predicted octanol–water partition coefficient (Wildman–Crippen LogP) is 5.13. The van der Waals surface area contributed by atoms with Crippen LogP contribution in [-0.4, -0.2) is 6.61 Å². The summed E-state index contributed by atoms with van der Waals surface area (Å²) in [7, 11) is 0. The first-order valence-corrected chi connectivity index (χ1v) is 7.92. The Kier molecular flexibility index (Phi) is 3.73. The van der Waals surface area contributed by atoms with Crippen molar-refractivity contribution in [1.29, 1.82) is 0 Å². The van der Waals surface area contributed by atoms with Gasteiger partial charge < -0.3 is 9.15 Å². The largest absolute Gasteiger partial charge is 0.493 e. The summed E-state index contributed by atoms with van der Waals surface area (Å²) in [6.45, 7) is 6.90. The van der Waals surface area contributed by atoms with Crippen LogP contribution in [0.3, 0.4) is 0 Å². The molecule has 0 aliphatic carbocycles. The first kappa shape index (κ1) is 15.1. The van der Waals surface area contributed by atoms with E-state index in [0.29, 0.717) is 34.3 Å². The summed E-state index contributed by atoms with van der Waals surface area (Å²) in [6, 6.07) is 10.8. The third-order valence-electron chi connectivity index (χ3n) is 3.27. The molecule has 0 unspecified atom stereocenters. The number of halogens is 1. The Morgan fingerprint density at radius 3 is 2.36 bits per heavy atom. The highest BCUT2D eigenvalue weighted by molar-refractivity contribution is 9.10. The fourth-order valence-electron chi connectivity index (χ4n) is 2.20. The molecule has 3 nitrogen and oxygen atoms in total. The van der Waals surface area contributed by atoms with Gasteiger partial charge in [0.05, 0.1) is 17.4 Å². The van der Waals surface area contributed by atoms with Crippen molar-refractivity contribution in [1.82, 2.24) is 0 Å². The van der Waals surface area contributed by atoms with Crippen molar-refractivity contribution in [2.45, 2.75) is 20.8 Å². The Bertz CT molecular complexity index is 904. The Morgan fingerprint density at radius 2 is 1.68 bits per heavy atom. The molecule has 22 heavy (non-hydrogen) atoms. The number of hydrogen-bond donors (Lipinski definition) is 0. The summed E-state index contributed by atoms with van der Waals surface area (Å²) in [5, 5.41) is 1.10. The van der Waals surface area contributed by atoms with E-state index in [0.717, 1.165) is 4.47 Å². The molecular weight excluding hydrogens is 344 g/mol. The van der Waals surface area contributed by atoms with E-state index in [9.17, 15) is 4.79 Å². The Morgan fingerprint density at radius 1 is 1.05 bits per heavy atom. The zero-order chi connectivity index (χ0) is 15.9. The highest BCUT2D eigenvalue weighted by Crippen LogP contribution is 2.25. The second kappa shape index (κ2) is 5.43. The van der Waals surface area contributed by atoms with Crippen molar-refractivity contribution in [3.8, 4) is 5.75 Å². The Balaban J connectivity index is 2.13. The quantitative estimate of drug-likeness (QED) is 0.594. The molecule has 0 atom stereocenters. The maximum Gasteiger partial charge on any atom is 0.200 e. The average molecular weight is 361 g/mol. The van der Waals surface area contributed by atoms with E-state index in [4.69, 9.17) is 9.15 Å². The summed E-state index contributed by atoms with van der Waals surface area (Å²) in [4.78, 5) is 12.7. The van der Waals surface area contributed by atoms with Crippen LogP contribution in [0.5, 0.6) is 5.75 Å². The summed E-state index contributed by atoms with van der Waals surface area (Å²) >= 11 is 3.39. The van der Waals surface area contributed by atoms with Gasteiger partial charge in [-0.05, 0) is 41.8 Å². The van der Waals surface area contributed by atoms with Crippen LogP contribution in [-0.2, 0) is 0 Å². The van der Waals surface area contributed by atoms with Crippen LogP contribution >= 0.6 is 15.9 Å². The maximum absolute atomic E-state index is 12.7. The van der Waals surface area contributed by atoms with Crippen LogP contribution in [0.4, 0.5) is 0 Å². The van der Waals surface area contributed by atoms with Gasteiger partial charge in [-0.25, -0.2) is 0 Å². The number of benzene rings is 2. The molecular formula is C18H17BrO3. The highest BCUT2D eigenvalue weighted by Gasteiger charge is 2.13. The van der Waals surface area contributed by atoms with Gasteiger partial charge in [-0.2, -0.15) is 0 Å². The molecule has 114 valence electrons. The molecule has 0 saturated carbocycles. The first-order valence-electron chi connectivity index (χ1n) is 7.12. The van der Waals surface area contributed by atoms with Gasteiger partial charge in [-0.15, -0.1) is 0 Å². The molecule has 3 aromatic rings. The second-order valence-corrected chi connectivity index (χ2v) is 7.49. The smallest absolute Gasteiger partial charge is 0.200 e. The van der Waals surface area contributed by atoms with E-state index in [1.807, 2.05) is 12.1 Å². The minimum atomic E-state index is -0.0428. The molecule has 0 spiro atoms. The van der Waals surface area contributed by atoms with E-state index in [1.54, 1.807) is 24.3 Å². The zero-order valence-corrected chi connectivity index (χ0v) is 14.4. The molecule has 0 radical (unpaired) electrons. The lowest BCUT2D eigenvalue weighted by molar-refractivity contribution is 0.198. The van der Waals surface area contributed by atoms with Crippen LogP contribution in [0.1, 0.15) is 20.8 Å². The minimum absolute atomic E-state index is 0.0428. The van der Waals surface area contributed by atoms with Crippen LogP contribution in [0.25, 0.3) is 21.9 Å². The van der Waals surface area contributed by atoms with Gasteiger partial charge in [0.25, 0.3) is 0 Å². The van der Waals surface area contributed by atoms with Crippen LogP contribution < -0.4 is 10.2 Å². The zero-order valence-electron chi connectivity index (χ0n) is 12.8. The molecule has 0 aliphatic heterocycles. The molecule has 1 heterocycles. The van der Waals surface area contributed by atoms with E-state index in [-0.39, 0.29) is 10.8 Å². The van der Waals surface area contributed by atoms with Gasteiger partial charge in [-0.3, -0.25) is 4.79 Å². The van der Waals surface area contributed by atoms with Crippen molar-refractivity contribution in [2.75, 3.05) is 6.61 Å². The standard InChI is InChI=1S/C18H17BrO3/c1-18(2,3)10-21-12-5-7-16-14(9-12)17(20)13-8-11(19)4-6-15(13)22-16/h4-9H,10H2,1-3H3. The van der Waals surface area contributed by atoms with E-state index in [2.05, 4.69) is 36.7 Å². The fraction of sp³-hybridized carbons (Fsp3) is 0.278. The molecule has 0 amide bonds. The van der Waals surface area contributed by atoms with Gasteiger partial charge in [-0.1, -0.05) is 36.7 Å². The lowest BCUT2D eigenvalue weighted by atomic mass is 9.99. The summed E-state index contributed by atoms with van der Waals surface area (Å²) in [6.07, 6.45) is 0. The summed E-state index contributed by atoms with van der Waals surface area (Å²) < 4.78 is 12.4. The number of fused-ring (bicyclic) bond motifs is 2. The second-order valence-electron chi connectivity index (χ2n) is 6.58. The fourth-order valence-corrected chi connectivity index (χ4v) is 2.56. The molecule has 0 bridgehead atoms. The minimum Gasteiger partial charge on any atom is -0.493 e. The number of ether oxygens (including phenoxy) is 1. The van der Waals surface area contributed by atoms with Gasteiger partial charge in [0.1, 0.15) is 16.9 Å². The lowest BCUT2D eigenvalue weighted by Crippen LogP contribution is -2.17. The third-order valence-corrected chi connectivity index (χ3v) is 3.77. The molecule has 1 aromatic heterocycles. The summed E-state index contributed by atoms with van der Waals surface area (Å²) in [5.74, 6) is 0.684. The van der Waals surface area contributed by atoms with Crippen LogP contribution in [0.2, 0.25) is 0 Å². The topological polar surface area (TPSA) is 39.4 Å². The van der Waals surface area contributed by atoms with Crippen LogP contribution in [0.15, 0.2) is 50.1 Å². The highest BCUT2D eigenvalue weighted by atomic mass is 79.9. The Hall–Kier alpha value is -1.81. The van der Waals surface area contributed by atoms with Crippen molar-refractivity contribution >= 4 is 37.9 Å². The first-order chi connectivity index (χ1) is 10.3. The SMILES string of the molecule is CC(C)(C)COc1ccc2oc3ccc(Br)cc3c(=O)c2c1. The van der Waals surface area contributed by atoms with Gasteiger partial charge in [0, 0.05) is 4.47 Å². The molecule has 3 rings (SSSR count). The molecule has 0 fully saturated rings. The van der Waals surface area contributed by atoms with Gasteiger partial charge in [0.15, 0.2) is 0 Å². The lowest BCUT2D eigenvalue weighted by Gasteiger charge is -2.18. The van der Waals surface area contributed by atoms with E-state index >= 15 is 0 Å². The van der Waals surface area contributed by atoms with Gasteiger partial charge in [0.2, 0.25) is 5.43 Å². The third kappa shape index (κ3) is 3.02. The molecule has 2 aromatic carbocycles. The molecule has 0 saturated heterocycles. The van der Waals surface area contributed by atoms with Crippen molar-refractivity contribution in [3.05, 3.63) is 51.1 Å². The molecule has 0 N–H and O–H groups in total. The van der Waals surface area contributed by atoms with Crippen molar-refractivity contribution in [3.63, 3.8) is 0 Å². The maximum atomic E-state index is 12.7.